The highest BCUT2D eigenvalue weighted by Gasteiger charge is 2.14. The van der Waals surface area contributed by atoms with E-state index < -0.39 is 0 Å². The predicted octanol–water partition coefficient (Wildman–Crippen LogP) is 6.15. The van der Waals surface area contributed by atoms with Gasteiger partial charge in [0.05, 0.1) is 6.61 Å². The second-order valence-corrected chi connectivity index (χ2v) is 7.59. The highest BCUT2D eigenvalue weighted by Crippen LogP contribution is 2.25. The van der Waals surface area contributed by atoms with Crippen LogP contribution in [0.5, 0.6) is 11.5 Å². The van der Waals surface area contributed by atoms with E-state index >= 15 is 0 Å². The molecule has 0 aromatic heterocycles. The van der Waals surface area contributed by atoms with E-state index in [9.17, 15) is 4.79 Å². The Hall–Kier alpha value is -3.27. The lowest BCUT2D eigenvalue weighted by atomic mass is 10.1. The number of anilines is 1. The Balaban J connectivity index is 1.83. The molecule has 0 atom stereocenters. The van der Waals surface area contributed by atoms with Gasteiger partial charge in [-0.15, -0.1) is 0 Å². The zero-order chi connectivity index (χ0) is 21.7. The summed E-state index contributed by atoms with van der Waals surface area (Å²) in [6.45, 7) is 10.9. The van der Waals surface area contributed by atoms with Crippen LogP contribution in [-0.4, -0.2) is 12.5 Å². The number of carbonyl (C=O) groups excluding carboxylic acids is 1. The van der Waals surface area contributed by atoms with Crippen LogP contribution in [0.15, 0.2) is 54.6 Å². The van der Waals surface area contributed by atoms with Crippen molar-refractivity contribution in [1.29, 1.82) is 0 Å². The molecule has 4 heteroatoms. The molecule has 0 fully saturated rings. The van der Waals surface area contributed by atoms with E-state index in [1.165, 1.54) is 0 Å². The lowest BCUT2D eigenvalue weighted by Gasteiger charge is -2.15. The van der Waals surface area contributed by atoms with E-state index in [2.05, 4.69) is 11.4 Å². The van der Waals surface area contributed by atoms with Gasteiger partial charge in [0.2, 0.25) is 0 Å². The van der Waals surface area contributed by atoms with Crippen LogP contribution in [0.25, 0.3) is 0 Å². The minimum atomic E-state index is -0.150. The number of carbonyl (C=O) groups is 1. The zero-order valence-electron chi connectivity index (χ0n) is 18.3. The van der Waals surface area contributed by atoms with Crippen molar-refractivity contribution in [2.24, 2.45) is 0 Å². The van der Waals surface area contributed by atoms with Crippen LogP contribution in [0.3, 0.4) is 0 Å². The molecule has 0 aliphatic rings. The number of amides is 1. The minimum absolute atomic E-state index is 0.150. The van der Waals surface area contributed by atoms with E-state index in [0.717, 1.165) is 45.0 Å². The SMILES string of the molecule is CCOc1ccc(C(=O)Nc2c(C)cccc2C)cc1COc1cc(C)cc(C)c1. The summed E-state index contributed by atoms with van der Waals surface area (Å²) < 4.78 is 11.8. The maximum absolute atomic E-state index is 12.9. The maximum Gasteiger partial charge on any atom is 0.255 e. The minimum Gasteiger partial charge on any atom is -0.493 e. The third-order valence-corrected chi connectivity index (χ3v) is 4.93. The molecule has 0 spiro atoms. The molecule has 3 rings (SSSR count). The summed E-state index contributed by atoms with van der Waals surface area (Å²) in [5.74, 6) is 1.38. The lowest BCUT2D eigenvalue weighted by Crippen LogP contribution is -2.14. The summed E-state index contributed by atoms with van der Waals surface area (Å²) in [5.41, 5.74) is 6.63. The van der Waals surface area contributed by atoms with Gasteiger partial charge in [-0.2, -0.15) is 0 Å². The quantitative estimate of drug-likeness (QED) is 0.515. The molecule has 1 N–H and O–H groups in total. The van der Waals surface area contributed by atoms with Gasteiger partial charge in [0.15, 0.2) is 0 Å². The lowest BCUT2D eigenvalue weighted by molar-refractivity contribution is 0.102. The molecule has 3 aromatic carbocycles. The van der Waals surface area contributed by atoms with Gasteiger partial charge in [-0.25, -0.2) is 0 Å². The van der Waals surface area contributed by atoms with Gasteiger partial charge in [-0.05, 0) is 87.2 Å². The Morgan fingerprint density at radius 2 is 1.53 bits per heavy atom. The average Bonchev–Trinajstić information content (AvgIpc) is 2.69. The van der Waals surface area contributed by atoms with Gasteiger partial charge < -0.3 is 14.8 Å². The van der Waals surface area contributed by atoms with E-state index in [0.29, 0.717) is 18.8 Å². The van der Waals surface area contributed by atoms with Crippen molar-refractivity contribution >= 4 is 11.6 Å². The van der Waals surface area contributed by atoms with Gasteiger partial charge in [-0.1, -0.05) is 24.3 Å². The zero-order valence-corrected chi connectivity index (χ0v) is 18.3. The van der Waals surface area contributed by atoms with Gasteiger partial charge in [-0.3, -0.25) is 4.79 Å². The van der Waals surface area contributed by atoms with Crippen LogP contribution in [-0.2, 0) is 6.61 Å². The van der Waals surface area contributed by atoms with Gasteiger partial charge in [0, 0.05) is 16.8 Å². The van der Waals surface area contributed by atoms with Crippen LogP contribution < -0.4 is 14.8 Å². The number of benzene rings is 3. The summed E-state index contributed by atoms with van der Waals surface area (Å²) in [5, 5.41) is 3.04. The van der Waals surface area contributed by atoms with E-state index in [1.54, 1.807) is 6.07 Å². The maximum atomic E-state index is 12.9. The molecule has 0 unspecified atom stereocenters. The number of aryl methyl sites for hydroxylation is 4. The highest BCUT2D eigenvalue weighted by molar-refractivity contribution is 6.05. The van der Waals surface area contributed by atoms with Crippen molar-refractivity contribution in [3.63, 3.8) is 0 Å². The van der Waals surface area contributed by atoms with E-state index in [1.807, 2.05) is 77.1 Å². The van der Waals surface area contributed by atoms with Crippen molar-refractivity contribution in [1.82, 2.24) is 0 Å². The standard InChI is InChI=1S/C26H29NO3/c1-6-29-24-11-10-21(26(28)27-25-19(4)8-7-9-20(25)5)15-22(24)16-30-23-13-17(2)12-18(3)14-23/h7-15H,6,16H2,1-5H3,(H,27,28). The molecule has 30 heavy (non-hydrogen) atoms. The Bertz CT molecular complexity index is 1020. The molecular weight excluding hydrogens is 374 g/mol. The summed E-state index contributed by atoms with van der Waals surface area (Å²) in [7, 11) is 0. The van der Waals surface area contributed by atoms with Crippen molar-refractivity contribution in [3.05, 3.63) is 88.0 Å². The molecule has 0 bridgehead atoms. The average molecular weight is 404 g/mol. The van der Waals surface area contributed by atoms with Gasteiger partial charge in [0.1, 0.15) is 18.1 Å². The molecule has 1 amide bonds. The van der Waals surface area contributed by atoms with Crippen molar-refractivity contribution in [3.8, 4) is 11.5 Å². The first-order chi connectivity index (χ1) is 14.4. The smallest absolute Gasteiger partial charge is 0.255 e. The molecule has 0 aliphatic carbocycles. The van der Waals surface area contributed by atoms with Crippen LogP contribution in [0.2, 0.25) is 0 Å². The molecule has 3 aromatic rings. The number of rotatable bonds is 7. The first kappa shape index (κ1) is 21.4. The van der Waals surface area contributed by atoms with Crippen molar-refractivity contribution in [2.45, 2.75) is 41.2 Å². The Morgan fingerprint density at radius 1 is 0.867 bits per heavy atom. The largest absolute Gasteiger partial charge is 0.493 e. The van der Waals surface area contributed by atoms with E-state index in [-0.39, 0.29) is 5.91 Å². The highest BCUT2D eigenvalue weighted by atomic mass is 16.5. The van der Waals surface area contributed by atoms with Crippen LogP contribution in [0, 0.1) is 27.7 Å². The molecule has 0 saturated carbocycles. The topological polar surface area (TPSA) is 47.6 Å². The Morgan fingerprint density at radius 3 is 2.17 bits per heavy atom. The molecule has 0 saturated heterocycles. The second-order valence-electron chi connectivity index (χ2n) is 7.59. The summed E-state index contributed by atoms with van der Waals surface area (Å²) in [6.07, 6.45) is 0. The third-order valence-electron chi connectivity index (χ3n) is 4.93. The summed E-state index contributed by atoms with van der Waals surface area (Å²) in [6, 6.07) is 17.5. The van der Waals surface area contributed by atoms with Crippen LogP contribution in [0.1, 0.15) is 45.1 Å². The third kappa shape index (κ3) is 5.20. The first-order valence-electron chi connectivity index (χ1n) is 10.2. The fourth-order valence-electron chi connectivity index (χ4n) is 3.50. The van der Waals surface area contributed by atoms with E-state index in [4.69, 9.17) is 9.47 Å². The van der Waals surface area contributed by atoms with Crippen LogP contribution >= 0.6 is 0 Å². The molecule has 0 heterocycles. The number of ether oxygens (including phenoxy) is 2. The first-order valence-corrected chi connectivity index (χ1v) is 10.2. The monoisotopic (exact) mass is 403 g/mol. The fraction of sp³-hybridized carbons (Fsp3) is 0.269. The normalized spacial score (nSPS) is 10.6. The van der Waals surface area contributed by atoms with Gasteiger partial charge in [0.25, 0.3) is 5.91 Å². The summed E-state index contributed by atoms with van der Waals surface area (Å²) in [4.78, 5) is 12.9. The number of hydrogen-bond acceptors (Lipinski definition) is 3. The molecule has 156 valence electrons. The van der Waals surface area contributed by atoms with Crippen LogP contribution in [0.4, 0.5) is 5.69 Å². The number of para-hydroxylation sites is 1. The summed E-state index contributed by atoms with van der Waals surface area (Å²) >= 11 is 0. The van der Waals surface area contributed by atoms with Crippen molar-refractivity contribution < 1.29 is 14.3 Å². The Kier molecular flexibility index (Phi) is 6.78. The number of hydrogen-bond donors (Lipinski definition) is 1. The number of nitrogens with one attached hydrogen (secondary N) is 1. The Labute approximate surface area is 178 Å². The predicted molar refractivity (Wildman–Crippen MR) is 122 cm³/mol. The van der Waals surface area contributed by atoms with Gasteiger partial charge >= 0.3 is 0 Å². The molecular formula is C26H29NO3. The molecule has 0 radical (unpaired) electrons. The fourth-order valence-corrected chi connectivity index (χ4v) is 3.50. The molecule has 4 nitrogen and oxygen atoms in total. The second kappa shape index (κ2) is 9.49. The van der Waals surface area contributed by atoms with Crippen molar-refractivity contribution in [2.75, 3.05) is 11.9 Å². The molecule has 0 aliphatic heterocycles.